The van der Waals surface area contributed by atoms with Gasteiger partial charge in [0.25, 0.3) is 0 Å². The molecule has 96 valence electrons. The van der Waals surface area contributed by atoms with Gasteiger partial charge in [-0.1, -0.05) is 0 Å². The largest absolute Gasteiger partial charge is 0.497 e. The molecule has 1 aromatic heterocycles. The molecule has 0 fully saturated rings. The van der Waals surface area contributed by atoms with Gasteiger partial charge in [-0.05, 0) is 12.1 Å². The first-order valence-corrected chi connectivity index (χ1v) is 5.73. The number of aromatic nitrogens is 2. The lowest BCUT2D eigenvalue weighted by Crippen LogP contribution is -2.13. The topological polar surface area (TPSA) is 73.2 Å². The lowest BCUT2D eigenvalue weighted by atomic mass is 10.2. The van der Waals surface area contributed by atoms with E-state index >= 15 is 0 Å². The molecule has 19 heavy (non-hydrogen) atoms. The smallest absolute Gasteiger partial charge is 0.230 e. The molecule has 0 atom stereocenters. The summed E-state index contributed by atoms with van der Waals surface area (Å²) in [7, 11) is 1.57. The number of anilines is 1. The second-order valence-electron chi connectivity index (χ2n) is 4.18. The number of nitrogens with one attached hydrogen (secondary N) is 1. The Hall–Kier alpha value is -2.63. The molecule has 0 saturated heterocycles. The number of hydrogen-bond donors (Lipinski definition) is 1. The third-order valence-corrected chi connectivity index (χ3v) is 3.06. The van der Waals surface area contributed by atoms with E-state index in [0.29, 0.717) is 34.7 Å². The van der Waals surface area contributed by atoms with E-state index in [9.17, 15) is 9.59 Å². The van der Waals surface area contributed by atoms with Crippen molar-refractivity contribution < 1.29 is 14.3 Å². The SMILES string of the molecule is COc1ccc2c(c1)-n1ncc(C=O)c1CC(=O)N2. The zero-order valence-corrected chi connectivity index (χ0v) is 10.2. The van der Waals surface area contributed by atoms with Gasteiger partial charge in [0.1, 0.15) is 5.75 Å². The van der Waals surface area contributed by atoms with E-state index < -0.39 is 0 Å². The first-order chi connectivity index (χ1) is 9.22. The van der Waals surface area contributed by atoms with Gasteiger partial charge in [0.15, 0.2) is 6.29 Å². The molecule has 1 N–H and O–H groups in total. The Balaban J connectivity index is 2.27. The Morgan fingerprint density at radius 1 is 1.47 bits per heavy atom. The van der Waals surface area contributed by atoms with Crippen LogP contribution in [0.15, 0.2) is 24.4 Å². The Morgan fingerprint density at radius 3 is 3.05 bits per heavy atom. The summed E-state index contributed by atoms with van der Waals surface area (Å²) in [6.45, 7) is 0. The number of aldehydes is 1. The van der Waals surface area contributed by atoms with Crippen molar-refractivity contribution in [3.8, 4) is 11.4 Å². The zero-order chi connectivity index (χ0) is 13.4. The molecule has 0 spiro atoms. The van der Waals surface area contributed by atoms with Gasteiger partial charge in [-0.3, -0.25) is 9.59 Å². The normalized spacial score (nSPS) is 13.0. The van der Waals surface area contributed by atoms with Gasteiger partial charge in [0, 0.05) is 6.07 Å². The molecule has 1 amide bonds. The van der Waals surface area contributed by atoms with Gasteiger partial charge < -0.3 is 10.1 Å². The van der Waals surface area contributed by atoms with Crippen LogP contribution >= 0.6 is 0 Å². The molecule has 3 rings (SSSR count). The molecule has 2 heterocycles. The second kappa shape index (κ2) is 4.24. The summed E-state index contributed by atoms with van der Waals surface area (Å²) in [5.41, 5.74) is 2.34. The van der Waals surface area contributed by atoms with Crippen molar-refractivity contribution in [2.45, 2.75) is 6.42 Å². The van der Waals surface area contributed by atoms with Gasteiger partial charge in [0.2, 0.25) is 5.91 Å². The van der Waals surface area contributed by atoms with Crippen LogP contribution in [-0.2, 0) is 11.2 Å². The summed E-state index contributed by atoms with van der Waals surface area (Å²) in [4.78, 5) is 22.8. The zero-order valence-electron chi connectivity index (χ0n) is 10.2. The van der Waals surface area contributed by atoms with Crippen LogP contribution in [-0.4, -0.2) is 29.1 Å². The number of benzene rings is 1. The number of carbonyl (C=O) groups is 2. The van der Waals surface area contributed by atoms with Crippen LogP contribution in [0, 0.1) is 0 Å². The summed E-state index contributed by atoms with van der Waals surface area (Å²) in [5, 5.41) is 6.96. The van der Waals surface area contributed by atoms with Crippen molar-refractivity contribution in [3.63, 3.8) is 0 Å². The van der Waals surface area contributed by atoms with Crippen LogP contribution in [0.25, 0.3) is 5.69 Å². The van der Waals surface area contributed by atoms with E-state index in [-0.39, 0.29) is 12.3 Å². The van der Waals surface area contributed by atoms with Crippen LogP contribution in [0.1, 0.15) is 16.1 Å². The minimum absolute atomic E-state index is 0.116. The Kier molecular flexibility index (Phi) is 2.56. The van der Waals surface area contributed by atoms with Crippen LogP contribution in [0.4, 0.5) is 5.69 Å². The summed E-state index contributed by atoms with van der Waals surface area (Å²) >= 11 is 0. The number of nitrogens with zero attached hydrogens (tertiary/aromatic N) is 2. The van der Waals surface area contributed by atoms with Crippen LogP contribution < -0.4 is 10.1 Å². The van der Waals surface area contributed by atoms with E-state index in [2.05, 4.69) is 10.4 Å². The summed E-state index contributed by atoms with van der Waals surface area (Å²) in [6, 6.07) is 5.28. The number of rotatable bonds is 2. The molecule has 1 aliphatic rings. The van der Waals surface area contributed by atoms with Crippen molar-refractivity contribution in [1.29, 1.82) is 0 Å². The number of ether oxygens (including phenoxy) is 1. The number of methoxy groups -OCH3 is 1. The second-order valence-corrected chi connectivity index (χ2v) is 4.18. The molecule has 0 unspecified atom stereocenters. The van der Waals surface area contributed by atoms with Crippen LogP contribution in [0.5, 0.6) is 5.75 Å². The molecule has 6 nitrogen and oxygen atoms in total. The van der Waals surface area contributed by atoms with Crippen molar-refractivity contribution in [3.05, 3.63) is 35.7 Å². The molecular weight excluding hydrogens is 246 g/mol. The maximum atomic E-state index is 11.8. The lowest BCUT2D eigenvalue weighted by Gasteiger charge is -2.10. The molecule has 6 heteroatoms. The highest BCUT2D eigenvalue weighted by Crippen LogP contribution is 2.29. The molecule has 1 aromatic carbocycles. The average molecular weight is 257 g/mol. The molecule has 0 radical (unpaired) electrons. The highest BCUT2D eigenvalue weighted by molar-refractivity contribution is 5.97. The number of hydrogen-bond acceptors (Lipinski definition) is 4. The maximum Gasteiger partial charge on any atom is 0.230 e. The van der Waals surface area contributed by atoms with Gasteiger partial charge >= 0.3 is 0 Å². The number of fused-ring (bicyclic) bond motifs is 3. The first-order valence-electron chi connectivity index (χ1n) is 5.73. The molecule has 0 aliphatic carbocycles. The van der Waals surface area contributed by atoms with E-state index in [1.807, 2.05) is 0 Å². The minimum atomic E-state index is -0.172. The first kappa shape index (κ1) is 11.5. The van der Waals surface area contributed by atoms with Gasteiger partial charge in [-0.2, -0.15) is 5.10 Å². The Labute approximate surface area is 109 Å². The summed E-state index contributed by atoms with van der Waals surface area (Å²) in [6.07, 6.45) is 2.28. The standard InChI is InChI=1S/C13H11N3O3/c1-19-9-2-3-10-12(4-9)16-11(5-13(18)15-10)8(7-17)6-14-16/h2-4,6-7H,5H2,1H3,(H,15,18). The molecular formula is C13H11N3O3. The molecule has 0 bridgehead atoms. The van der Waals surface area contributed by atoms with Crippen molar-refractivity contribution in [2.75, 3.05) is 12.4 Å². The minimum Gasteiger partial charge on any atom is -0.497 e. The summed E-state index contributed by atoms with van der Waals surface area (Å²) < 4.78 is 6.77. The average Bonchev–Trinajstić information content (AvgIpc) is 2.75. The highest BCUT2D eigenvalue weighted by atomic mass is 16.5. The maximum absolute atomic E-state index is 11.8. The molecule has 2 aromatic rings. The predicted molar refractivity (Wildman–Crippen MR) is 67.8 cm³/mol. The fraction of sp³-hybridized carbons (Fsp3) is 0.154. The third-order valence-electron chi connectivity index (χ3n) is 3.06. The Morgan fingerprint density at radius 2 is 2.32 bits per heavy atom. The molecule has 1 aliphatic heterocycles. The predicted octanol–water partition coefficient (Wildman–Crippen LogP) is 1.19. The van der Waals surface area contributed by atoms with E-state index in [1.54, 1.807) is 30.0 Å². The van der Waals surface area contributed by atoms with E-state index in [4.69, 9.17) is 4.74 Å². The van der Waals surface area contributed by atoms with Gasteiger partial charge in [0.05, 0.1) is 42.4 Å². The van der Waals surface area contributed by atoms with Gasteiger partial charge in [-0.15, -0.1) is 0 Å². The number of amides is 1. The van der Waals surface area contributed by atoms with Crippen molar-refractivity contribution in [1.82, 2.24) is 9.78 Å². The third kappa shape index (κ3) is 1.77. The van der Waals surface area contributed by atoms with Crippen molar-refractivity contribution >= 4 is 17.9 Å². The van der Waals surface area contributed by atoms with Crippen LogP contribution in [0.3, 0.4) is 0 Å². The van der Waals surface area contributed by atoms with Gasteiger partial charge in [-0.25, -0.2) is 4.68 Å². The lowest BCUT2D eigenvalue weighted by molar-refractivity contribution is -0.115. The fourth-order valence-corrected chi connectivity index (χ4v) is 2.14. The fourth-order valence-electron chi connectivity index (χ4n) is 2.14. The quantitative estimate of drug-likeness (QED) is 0.820. The molecule has 0 saturated carbocycles. The monoisotopic (exact) mass is 257 g/mol. The number of carbonyl (C=O) groups excluding carboxylic acids is 2. The highest BCUT2D eigenvalue weighted by Gasteiger charge is 2.22. The summed E-state index contributed by atoms with van der Waals surface area (Å²) in [5.74, 6) is 0.484. The van der Waals surface area contributed by atoms with E-state index in [1.165, 1.54) is 6.20 Å². The van der Waals surface area contributed by atoms with Crippen molar-refractivity contribution in [2.24, 2.45) is 0 Å². The van der Waals surface area contributed by atoms with E-state index in [0.717, 1.165) is 0 Å². The Bertz CT molecular complexity index is 676. The van der Waals surface area contributed by atoms with Crippen LogP contribution in [0.2, 0.25) is 0 Å².